The average Bonchev–Trinajstić information content (AvgIpc) is 3.27. The summed E-state index contributed by atoms with van der Waals surface area (Å²) in [6.07, 6.45) is 9.32. The zero-order valence-electron chi connectivity index (χ0n) is 40.7. The minimum Gasteiger partial charge on any atom is -0.508 e. The number of aliphatic hydroxyl groups is 2. The normalized spacial score (nSPS) is 24.0. The van der Waals surface area contributed by atoms with Crippen LogP contribution in [0.5, 0.6) is 17.2 Å². The molecule has 0 bridgehead atoms. The first kappa shape index (κ1) is 50.1. The zero-order chi connectivity index (χ0) is 48.4. The molecule has 0 spiro atoms. The molecular formula is C54H71N3O9S. The molecule has 2 fully saturated rings. The number of aryl methyl sites for hydroxylation is 1. The van der Waals surface area contributed by atoms with Crippen LogP contribution >= 0.6 is 11.8 Å². The number of aromatic hydroxyl groups is 1. The third-order valence-electron chi connectivity index (χ3n) is 13.9. The SMILES string of the molecule is CCCc1cc(=O)oc2c3c(c4c(c12)OC(C)(C)C=C4)O[C@H](C)[C@@H](C)[C@@H]3O.Cc1c(O)cccc1C(=O)N[C@@H](CSc1ccccc1)[C@H](O)CN1C[C@H]2CCCC[C@H]2C[C@H]1C(=O)NC(C)(C)C. The summed E-state index contributed by atoms with van der Waals surface area (Å²) in [6, 6.07) is 15.5. The summed E-state index contributed by atoms with van der Waals surface area (Å²) in [7, 11) is 0. The van der Waals surface area contributed by atoms with Crippen LogP contribution in [0, 0.1) is 24.7 Å². The third-order valence-corrected chi connectivity index (χ3v) is 15.0. The number of β-amino-alcohol motifs (C(OH)–C–C–N with tert-alkyl or cyclic N) is 1. The van der Waals surface area contributed by atoms with Gasteiger partial charge in [0.15, 0.2) is 5.58 Å². The highest BCUT2D eigenvalue weighted by Gasteiger charge is 2.43. The molecule has 67 heavy (non-hydrogen) atoms. The van der Waals surface area contributed by atoms with Crippen LogP contribution in [-0.4, -0.2) is 86.3 Å². The monoisotopic (exact) mass is 937 g/mol. The van der Waals surface area contributed by atoms with E-state index in [-0.39, 0.29) is 41.2 Å². The maximum absolute atomic E-state index is 13.5. The van der Waals surface area contributed by atoms with Gasteiger partial charge in [0.1, 0.15) is 29.0 Å². The number of carbonyl (C=O) groups is 2. The second kappa shape index (κ2) is 20.8. The molecule has 1 saturated carbocycles. The number of likely N-dealkylation sites (tertiary alicyclic amines) is 1. The van der Waals surface area contributed by atoms with Crippen molar-refractivity contribution in [3.63, 3.8) is 0 Å². The lowest BCUT2D eigenvalue weighted by Crippen LogP contribution is -2.60. The van der Waals surface area contributed by atoms with Crippen LogP contribution in [0.3, 0.4) is 0 Å². The Labute approximate surface area is 399 Å². The number of nitrogens with zero attached hydrogens (tertiary/aromatic N) is 1. The van der Waals surface area contributed by atoms with E-state index in [1.54, 1.807) is 36.9 Å². The van der Waals surface area contributed by atoms with E-state index in [9.17, 15) is 29.7 Å². The van der Waals surface area contributed by atoms with Crippen LogP contribution in [0.4, 0.5) is 0 Å². The predicted octanol–water partition coefficient (Wildman–Crippen LogP) is 9.13. The first-order chi connectivity index (χ1) is 31.7. The second-order valence-corrected chi connectivity index (χ2v) is 21.8. The first-order valence-electron chi connectivity index (χ1n) is 24.2. The van der Waals surface area contributed by atoms with Crippen molar-refractivity contribution in [2.45, 2.75) is 154 Å². The summed E-state index contributed by atoms with van der Waals surface area (Å²) in [5, 5.41) is 39.8. The molecule has 0 radical (unpaired) electrons. The van der Waals surface area contributed by atoms with E-state index in [0.717, 1.165) is 60.1 Å². The fraction of sp³-hybridized carbons (Fsp3) is 0.537. The number of nitrogens with one attached hydrogen (secondary N) is 2. The molecule has 0 unspecified atom stereocenters. The number of benzene rings is 3. The maximum Gasteiger partial charge on any atom is 0.336 e. The summed E-state index contributed by atoms with van der Waals surface area (Å²) < 4.78 is 18.1. The summed E-state index contributed by atoms with van der Waals surface area (Å²) in [5.41, 5.74) is 2.27. The summed E-state index contributed by atoms with van der Waals surface area (Å²) in [5.74, 6) is 2.37. The molecule has 1 aromatic heterocycles. The van der Waals surface area contributed by atoms with E-state index in [0.29, 0.717) is 57.9 Å². The molecule has 362 valence electrons. The second-order valence-electron chi connectivity index (χ2n) is 20.7. The van der Waals surface area contributed by atoms with Crippen LogP contribution < -0.4 is 25.7 Å². The molecule has 3 aliphatic heterocycles. The minimum absolute atomic E-state index is 0.0124. The van der Waals surface area contributed by atoms with Gasteiger partial charge in [0.05, 0.1) is 40.8 Å². The Kier molecular flexibility index (Phi) is 15.6. The Morgan fingerprint density at radius 1 is 1.01 bits per heavy atom. The molecule has 8 atom stereocenters. The van der Waals surface area contributed by atoms with Gasteiger partial charge in [-0.1, -0.05) is 63.8 Å². The number of phenols is 1. The summed E-state index contributed by atoms with van der Waals surface area (Å²) in [6.45, 7) is 18.7. The molecule has 4 heterocycles. The number of amides is 2. The molecule has 12 nitrogen and oxygen atoms in total. The number of thioether (sulfide) groups is 1. The Morgan fingerprint density at radius 3 is 2.43 bits per heavy atom. The van der Waals surface area contributed by atoms with Gasteiger partial charge in [-0.25, -0.2) is 4.79 Å². The topological polar surface area (TPSA) is 171 Å². The van der Waals surface area contributed by atoms with Crippen molar-refractivity contribution in [2.75, 3.05) is 18.8 Å². The molecule has 1 aliphatic carbocycles. The molecule has 5 N–H and O–H groups in total. The Bertz CT molecular complexity index is 2500. The van der Waals surface area contributed by atoms with Gasteiger partial charge in [-0.2, -0.15) is 0 Å². The van der Waals surface area contributed by atoms with E-state index in [2.05, 4.69) is 22.5 Å². The van der Waals surface area contributed by atoms with Crippen LogP contribution in [0.2, 0.25) is 0 Å². The van der Waals surface area contributed by atoms with E-state index < -0.39 is 29.5 Å². The number of rotatable bonds is 11. The van der Waals surface area contributed by atoms with Gasteiger partial charge >= 0.3 is 5.63 Å². The van der Waals surface area contributed by atoms with Crippen LogP contribution in [0.1, 0.15) is 133 Å². The van der Waals surface area contributed by atoms with E-state index in [4.69, 9.17) is 13.9 Å². The van der Waals surface area contributed by atoms with Gasteiger partial charge in [-0.05, 0) is 122 Å². The van der Waals surface area contributed by atoms with Gasteiger partial charge in [-0.3, -0.25) is 14.5 Å². The minimum atomic E-state index is -0.886. The maximum atomic E-state index is 13.5. The van der Waals surface area contributed by atoms with E-state index in [1.165, 1.54) is 18.9 Å². The van der Waals surface area contributed by atoms with Crippen molar-refractivity contribution in [2.24, 2.45) is 17.8 Å². The van der Waals surface area contributed by atoms with Crippen molar-refractivity contribution < 1.29 is 38.8 Å². The lowest BCUT2D eigenvalue weighted by Gasteiger charge is -2.47. The van der Waals surface area contributed by atoms with Gasteiger partial charge in [-0.15, -0.1) is 11.8 Å². The number of aliphatic hydroxyl groups excluding tert-OH is 2. The van der Waals surface area contributed by atoms with Crippen molar-refractivity contribution in [1.29, 1.82) is 0 Å². The number of fused-ring (bicyclic) bond motifs is 7. The zero-order valence-corrected chi connectivity index (χ0v) is 41.5. The van der Waals surface area contributed by atoms with Crippen molar-refractivity contribution in [3.8, 4) is 17.2 Å². The standard InChI is InChI=1S/C32H45N3O4S.C22H26O5/c1-21-25(15-10-16-28(21)36)30(38)33-26(20-40-24-13-6-5-7-14-24)29(37)19-35-18-23-12-9-8-11-22(23)17-27(35)31(39)34-32(2,3)4;1-6-7-13-10-15(23)26-21-16(13)20-14(8-9-22(4,5)27-20)19-17(21)18(24)11(2)12(3)25-19/h5-7,10,13-16,22-23,26-27,29,36-37H,8-9,11-12,17-20H2,1-4H3,(H,33,38)(H,34,39);8-12,18,24H,6-7H2,1-5H3/t22-,23+,26-,27-,29+;11-,12-,18+/m01/s1. The van der Waals surface area contributed by atoms with Crippen molar-refractivity contribution >= 4 is 40.6 Å². The lowest BCUT2D eigenvalue weighted by atomic mass is 9.72. The van der Waals surface area contributed by atoms with Gasteiger partial charge < -0.3 is 39.8 Å². The molecular weight excluding hydrogens is 867 g/mol. The smallest absolute Gasteiger partial charge is 0.336 e. The molecule has 13 heteroatoms. The average molecular weight is 938 g/mol. The Balaban J connectivity index is 0.000000214. The number of carbonyl (C=O) groups excluding carboxylic acids is 2. The molecule has 8 rings (SSSR count). The number of hydrogen-bond acceptors (Lipinski definition) is 11. The number of phenolic OH excluding ortho intramolecular Hbond substituents is 1. The van der Waals surface area contributed by atoms with Gasteiger partial charge in [0, 0.05) is 52.4 Å². The van der Waals surface area contributed by atoms with Crippen LogP contribution in [0.25, 0.3) is 17.0 Å². The molecule has 2 amide bonds. The summed E-state index contributed by atoms with van der Waals surface area (Å²) in [4.78, 5) is 42.3. The highest BCUT2D eigenvalue weighted by atomic mass is 32.2. The first-order valence-corrected chi connectivity index (χ1v) is 25.1. The highest BCUT2D eigenvalue weighted by Crippen LogP contribution is 2.52. The molecule has 3 aromatic carbocycles. The van der Waals surface area contributed by atoms with Crippen LogP contribution in [0.15, 0.2) is 74.8 Å². The molecule has 1 saturated heterocycles. The van der Waals surface area contributed by atoms with Gasteiger partial charge in [0.2, 0.25) is 5.91 Å². The Morgan fingerprint density at radius 2 is 1.73 bits per heavy atom. The van der Waals surface area contributed by atoms with E-state index in [1.807, 2.05) is 91.0 Å². The number of ether oxygens (including phenoxy) is 2. The Hall–Kier alpha value is -4.82. The third kappa shape index (κ3) is 11.6. The van der Waals surface area contributed by atoms with Crippen LogP contribution in [-0.2, 0) is 11.2 Å². The number of hydrogen-bond donors (Lipinski definition) is 5. The largest absolute Gasteiger partial charge is 0.508 e. The lowest BCUT2D eigenvalue weighted by molar-refractivity contribution is -0.132. The quantitative estimate of drug-likeness (QED) is 0.0718. The van der Waals surface area contributed by atoms with Gasteiger partial charge in [0.25, 0.3) is 5.91 Å². The summed E-state index contributed by atoms with van der Waals surface area (Å²) >= 11 is 1.57. The fourth-order valence-electron chi connectivity index (χ4n) is 10.0. The van der Waals surface area contributed by atoms with Crippen molar-refractivity contribution in [1.82, 2.24) is 15.5 Å². The fourth-order valence-corrected chi connectivity index (χ4v) is 11.1. The van der Waals surface area contributed by atoms with E-state index >= 15 is 0 Å². The molecule has 4 aromatic rings. The van der Waals surface area contributed by atoms with Crippen molar-refractivity contribution in [3.05, 3.63) is 98.9 Å². The molecule has 4 aliphatic rings. The highest BCUT2D eigenvalue weighted by molar-refractivity contribution is 7.99. The predicted molar refractivity (Wildman–Crippen MR) is 265 cm³/mol. The number of piperidine rings is 1.